The Morgan fingerprint density at radius 1 is 0.765 bits per heavy atom. The first-order valence-corrected chi connectivity index (χ1v) is 12.4. The van der Waals surface area contributed by atoms with Crippen molar-refractivity contribution in [3.63, 3.8) is 0 Å². The number of rotatable bonds is 4. The monoisotopic (exact) mass is 470 g/mol. The summed E-state index contributed by atoms with van der Waals surface area (Å²) in [5.41, 5.74) is 0.273. The first kappa shape index (κ1) is 27.7. The zero-order valence-electron chi connectivity index (χ0n) is 22.0. The van der Waals surface area contributed by atoms with E-state index in [1.807, 2.05) is 71.9 Å². The highest BCUT2D eigenvalue weighted by atomic mass is 16.2. The van der Waals surface area contributed by atoms with Crippen LogP contribution in [0.2, 0.25) is 0 Å². The van der Waals surface area contributed by atoms with Crippen LogP contribution in [0.15, 0.2) is 30.3 Å². The molecule has 2 heterocycles. The predicted octanol–water partition coefficient (Wildman–Crippen LogP) is 4.45. The SMILES string of the molecule is CC(=O)N1CCC[C@H]1C(=O)C(C)(C)C.CC(C)(C)C(=O)[C@@H]1CCCN1C(=O)Cc1ccccc1. The van der Waals surface area contributed by atoms with Crippen LogP contribution >= 0.6 is 0 Å². The highest BCUT2D eigenvalue weighted by Gasteiger charge is 2.39. The van der Waals surface area contributed by atoms with Crippen LogP contribution in [-0.4, -0.2) is 58.4 Å². The lowest BCUT2D eigenvalue weighted by Crippen LogP contribution is -2.45. The van der Waals surface area contributed by atoms with E-state index in [4.69, 9.17) is 0 Å². The van der Waals surface area contributed by atoms with Gasteiger partial charge in [0.05, 0.1) is 18.5 Å². The van der Waals surface area contributed by atoms with E-state index in [0.717, 1.165) is 37.8 Å². The molecule has 0 unspecified atom stereocenters. The summed E-state index contributed by atoms with van der Waals surface area (Å²) >= 11 is 0. The van der Waals surface area contributed by atoms with Gasteiger partial charge in [0.25, 0.3) is 0 Å². The number of ketones is 2. The molecule has 2 amide bonds. The smallest absolute Gasteiger partial charge is 0.227 e. The van der Waals surface area contributed by atoms with Crippen LogP contribution in [-0.2, 0) is 25.6 Å². The van der Waals surface area contributed by atoms with Gasteiger partial charge in [-0.1, -0.05) is 71.9 Å². The summed E-state index contributed by atoms with van der Waals surface area (Å²) in [5, 5.41) is 0. The number of amides is 2. The van der Waals surface area contributed by atoms with Crippen molar-refractivity contribution in [3.8, 4) is 0 Å². The second kappa shape index (κ2) is 11.3. The average molecular weight is 471 g/mol. The van der Waals surface area contributed by atoms with Crippen LogP contribution < -0.4 is 0 Å². The first-order chi connectivity index (χ1) is 15.7. The second-order valence-corrected chi connectivity index (χ2v) is 11.5. The molecule has 1 aromatic carbocycles. The maximum absolute atomic E-state index is 12.4. The minimum absolute atomic E-state index is 0.0186. The molecule has 2 fully saturated rings. The second-order valence-electron chi connectivity index (χ2n) is 11.5. The van der Waals surface area contributed by atoms with E-state index in [2.05, 4.69) is 0 Å². The fourth-order valence-electron chi connectivity index (χ4n) is 4.63. The van der Waals surface area contributed by atoms with E-state index in [9.17, 15) is 19.2 Å². The van der Waals surface area contributed by atoms with E-state index in [1.54, 1.807) is 9.80 Å². The summed E-state index contributed by atoms with van der Waals surface area (Å²) in [6.07, 6.45) is 3.89. The van der Waals surface area contributed by atoms with Gasteiger partial charge in [0.2, 0.25) is 11.8 Å². The number of Topliss-reactive ketones (excluding diaryl/α,β-unsaturated/α-hetero) is 2. The van der Waals surface area contributed by atoms with Crippen LogP contribution in [0, 0.1) is 10.8 Å². The van der Waals surface area contributed by atoms with Crippen molar-refractivity contribution in [2.24, 2.45) is 10.8 Å². The Kier molecular flexibility index (Phi) is 9.21. The van der Waals surface area contributed by atoms with Gasteiger partial charge in [-0.15, -0.1) is 0 Å². The average Bonchev–Trinajstić information content (AvgIpc) is 3.42. The molecule has 34 heavy (non-hydrogen) atoms. The first-order valence-electron chi connectivity index (χ1n) is 12.4. The van der Waals surface area contributed by atoms with Gasteiger partial charge in [-0.05, 0) is 31.2 Å². The highest BCUT2D eigenvalue weighted by molar-refractivity contribution is 5.93. The summed E-state index contributed by atoms with van der Waals surface area (Å²) in [5.74, 6) is 0.447. The largest absolute Gasteiger partial charge is 0.333 e. The van der Waals surface area contributed by atoms with E-state index >= 15 is 0 Å². The molecule has 0 aliphatic carbocycles. The fraction of sp³-hybridized carbons (Fsp3) is 0.643. The predicted molar refractivity (Wildman–Crippen MR) is 134 cm³/mol. The molecule has 0 radical (unpaired) electrons. The van der Waals surface area contributed by atoms with Crippen LogP contribution in [0.4, 0.5) is 0 Å². The van der Waals surface area contributed by atoms with E-state index in [-0.39, 0.29) is 46.3 Å². The molecule has 2 aliphatic rings. The normalized spacial score (nSPS) is 20.6. The Morgan fingerprint density at radius 2 is 1.21 bits per heavy atom. The Morgan fingerprint density at radius 3 is 1.65 bits per heavy atom. The summed E-state index contributed by atoms with van der Waals surface area (Å²) in [6.45, 7) is 14.5. The molecule has 1 aromatic rings. The molecule has 2 atom stereocenters. The zero-order chi connectivity index (χ0) is 25.7. The Labute approximate surface area is 205 Å². The Balaban J connectivity index is 0.000000257. The zero-order valence-corrected chi connectivity index (χ0v) is 22.0. The lowest BCUT2D eigenvalue weighted by atomic mass is 9.85. The quantitative estimate of drug-likeness (QED) is 0.652. The lowest BCUT2D eigenvalue weighted by molar-refractivity contribution is -0.140. The van der Waals surface area contributed by atoms with Gasteiger partial charge in [0.1, 0.15) is 0 Å². The van der Waals surface area contributed by atoms with Crippen molar-refractivity contribution in [2.45, 2.75) is 92.7 Å². The van der Waals surface area contributed by atoms with Crippen molar-refractivity contribution in [1.29, 1.82) is 0 Å². The number of carbonyl (C=O) groups excluding carboxylic acids is 4. The maximum atomic E-state index is 12.4. The molecule has 2 saturated heterocycles. The summed E-state index contributed by atoms with van der Waals surface area (Å²) in [7, 11) is 0. The number of hydrogen-bond donors (Lipinski definition) is 0. The molecule has 3 rings (SSSR count). The molecule has 6 heteroatoms. The van der Waals surface area contributed by atoms with Gasteiger partial charge in [-0.25, -0.2) is 0 Å². The molecule has 0 bridgehead atoms. The van der Waals surface area contributed by atoms with Gasteiger partial charge in [0.15, 0.2) is 11.6 Å². The third-order valence-electron chi connectivity index (χ3n) is 6.51. The number of likely N-dealkylation sites (tertiary alicyclic amines) is 2. The third kappa shape index (κ3) is 7.25. The molecular formula is C28H42N2O4. The number of carbonyl (C=O) groups is 4. The minimum Gasteiger partial charge on any atom is -0.333 e. The topological polar surface area (TPSA) is 74.8 Å². The van der Waals surface area contributed by atoms with Gasteiger partial charge in [0, 0.05) is 30.8 Å². The molecule has 0 saturated carbocycles. The van der Waals surface area contributed by atoms with Gasteiger partial charge >= 0.3 is 0 Å². The molecule has 0 aromatic heterocycles. The Bertz CT molecular complexity index is 880. The lowest BCUT2D eigenvalue weighted by Gasteiger charge is -2.29. The van der Waals surface area contributed by atoms with Crippen LogP contribution in [0.5, 0.6) is 0 Å². The molecule has 0 spiro atoms. The van der Waals surface area contributed by atoms with E-state index < -0.39 is 0 Å². The van der Waals surface area contributed by atoms with Gasteiger partial charge in [-0.2, -0.15) is 0 Å². The fourth-order valence-corrected chi connectivity index (χ4v) is 4.63. The number of hydrogen-bond acceptors (Lipinski definition) is 4. The van der Waals surface area contributed by atoms with Gasteiger partial charge < -0.3 is 9.80 Å². The van der Waals surface area contributed by atoms with E-state index in [0.29, 0.717) is 13.0 Å². The third-order valence-corrected chi connectivity index (χ3v) is 6.51. The molecular weight excluding hydrogens is 428 g/mol. The van der Waals surface area contributed by atoms with Crippen molar-refractivity contribution >= 4 is 23.4 Å². The molecule has 188 valence electrons. The summed E-state index contributed by atoms with van der Waals surface area (Å²) in [4.78, 5) is 51.6. The van der Waals surface area contributed by atoms with Crippen molar-refractivity contribution < 1.29 is 19.2 Å². The summed E-state index contributed by atoms with van der Waals surface area (Å²) in [6, 6.07) is 9.31. The van der Waals surface area contributed by atoms with E-state index in [1.165, 1.54) is 6.92 Å². The molecule has 2 aliphatic heterocycles. The van der Waals surface area contributed by atoms with Crippen LogP contribution in [0.3, 0.4) is 0 Å². The van der Waals surface area contributed by atoms with Crippen molar-refractivity contribution in [1.82, 2.24) is 9.80 Å². The van der Waals surface area contributed by atoms with Crippen molar-refractivity contribution in [3.05, 3.63) is 35.9 Å². The number of benzene rings is 1. The van der Waals surface area contributed by atoms with Crippen molar-refractivity contribution in [2.75, 3.05) is 13.1 Å². The standard InChI is InChI=1S/C17H23NO2.C11H19NO2/c1-17(2,3)16(20)14-10-7-11-18(14)15(19)12-13-8-5-4-6-9-13;1-8(13)12-7-5-6-9(12)10(14)11(2,3)4/h4-6,8-9,14H,7,10-12H2,1-3H3;9H,5-7H2,1-4H3/t14-;9-/m00/s1. The van der Waals surface area contributed by atoms with Gasteiger partial charge in [-0.3, -0.25) is 19.2 Å². The molecule has 0 N–H and O–H groups in total. The Hall–Kier alpha value is -2.50. The highest BCUT2D eigenvalue weighted by Crippen LogP contribution is 2.28. The maximum Gasteiger partial charge on any atom is 0.227 e. The van der Waals surface area contributed by atoms with Crippen LogP contribution in [0.1, 0.15) is 79.7 Å². The van der Waals surface area contributed by atoms with Crippen LogP contribution in [0.25, 0.3) is 0 Å². The minimum atomic E-state index is -0.389. The molecule has 6 nitrogen and oxygen atoms in total. The number of nitrogens with zero attached hydrogens (tertiary/aromatic N) is 2. The summed E-state index contributed by atoms with van der Waals surface area (Å²) < 4.78 is 0.